The van der Waals surface area contributed by atoms with Crippen molar-refractivity contribution in [3.8, 4) is 0 Å². The van der Waals surface area contributed by atoms with Crippen LogP contribution in [-0.2, 0) is 4.74 Å². The smallest absolute Gasteiger partial charge is 0.264 e. The lowest BCUT2D eigenvalue weighted by Gasteiger charge is -2.36. The van der Waals surface area contributed by atoms with E-state index in [1.165, 1.54) is 24.3 Å². The monoisotopic (exact) mass is 738 g/mol. The average molecular weight is 739 g/mol. The van der Waals surface area contributed by atoms with E-state index < -0.39 is 56.0 Å². The van der Waals surface area contributed by atoms with Crippen LogP contribution in [0.5, 0.6) is 0 Å². The van der Waals surface area contributed by atoms with Gasteiger partial charge in [0.25, 0.3) is 22.2 Å². The van der Waals surface area contributed by atoms with Crippen LogP contribution < -0.4 is 66.9 Å². The third kappa shape index (κ3) is 4.23. The van der Waals surface area contributed by atoms with Crippen LogP contribution in [0.3, 0.4) is 0 Å². The highest BCUT2D eigenvalue weighted by Gasteiger charge is 2.37. The number of nitrogens with zero attached hydrogens (tertiary/aromatic N) is 2. The fourth-order valence-corrected chi connectivity index (χ4v) is 8.62. The van der Waals surface area contributed by atoms with Crippen molar-refractivity contribution in [2.75, 3.05) is 36.1 Å². The highest BCUT2D eigenvalue weighted by molar-refractivity contribution is 6.22. The van der Waals surface area contributed by atoms with E-state index in [9.17, 15) is 38.4 Å². The quantitative estimate of drug-likeness (QED) is 0.107. The Hall–Kier alpha value is -7.00. The molecule has 0 aliphatic heterocycles. The van der Waals surface area contributed by atoms with Gasteiger partial charge in [0.1, 0.15) is 0 Å². The number of benzene rings is 6. The topological polar surface area (TPSA) is 260 Å². The molecule has 2 heterocycles. The minimum Gasteiger partial charge on any atom is -0.397 e. The fraction of sp³-hybridized carbons (Fsp3) is 0.200. The van der Waals surface area contributed by atoms with Crippen LogP contribution in [0.1, 0.15) is 31.8 Å². The number of fused-ring (bicyclic) bond motifs is 6. The molecule has 8 aromatic rings. The molecule has 274 valence electrons. The maximum absolute atomic E-state index is 13.9. The van der Waals surface area contributed by atoms with E-state index in [0.29, 0.717) is 12.8 Å². The third-order valence-corrected chi connectivity index (χ3v) is 11.5. The number of hydrogen-bond acceptors (Lipinski definition) is 13. The molecular formula is C40H30N6O9. The van der Waals surface area contributed by atoms with Gasteiger partial charge in [-0.05, 0) is 19.8 Å². The Bertz CT molecular complexity index is 3310. The molecule has 1 aliphatic rings. The standard InChI is InChI=1S/C40H30N6O9/c1-14(45-37(51)25-26(38(45)52)30(42)22-21(29(25)41)33(47)16-6-2-3-7-17(16)34(22)48)12-55-13-15-10-11-20(15)46-39(53)27-28(40(46)54)32(44)24-23(31(27)43)35(49)18-8-4-5-9-19(18)36(24)50/h2-9,14-15,20H,10-13,41-44H2,1H3. The van der Waals surface area contributed by atoms with E-state index >= 15 is 0 Å². The highest BCUT2D eigenvalue weighted by atomic mass is 16.5. The van der Waals surface area contributed by atoms with E-state index in [1.807, 2.05) is 0 Å². The molecule has 0 radical (unpaired) electrons. The van der Waals surface area contributed by atoms with Crippen molar-refractivity contribution in [3.63, 3.8) is 0 Å². The second-order valence-electron chi connectivity index (χ2n) is 14.3. The van der Waals surface area contributed by atoms with Crippen molar-refractivity contribution in [2.45, 2.75) is 31.8 Å². The minimum absolute atomic E-state index is 0.0269. The molecule has 15 nitrogen and oxygen atoms in total. The SMILES string of the molecule is CC(COCC1CCC1n1c(=O)c2c(N)c3c(=O)c4ccccc4c(=O)c3c(N)c2c1=O)n1c(=O)c2c(N)c3c(=O)c4ccccc4c(=O)c3c(N)c2c1=O. The summed E-state index contributed by atoms with van der Waals surface area (Å²) in [4.78, 5) is 109. The van der Waals surface area contributed by atoms with E-state index in [-0.39, 0.29) is 107 Å². The first-order valence-electron chi connectivity index (χ1n) is 17.5. The van der Waals surface area contributed by atoms with Gasteiger partial charge >= 0.3 is 0 Å². The Morgan fingerprint density at radius 2 is 0.891 bits per heavy atom. The van der Waals surface area contributed by atoms with Crippen LogP contribution in [0.15, 0.2) is 86.9 Å². The molecule has 3 unspecified atom stereocenters. The van der Waals surface area contributed by atoms with Crippen LogP contribution in [0, 0.1) is 5.92 Å². The third-order valence-electron chi connectivity index (χ3n) is 11.5. The summed E-state index contributed by atoms with van der Waals surface area (Å²) in [5, 5.41) is -1.35. The Balaban J connectivity index is 1.05. The number of nitrogens with two attached hydrogens (primary N) is 4. The van der Waals surface area contributed by atoms with Gasteiger partial charge in [0, 0.05) is 33.5 Å². The Morgan fingerprint density at radius 3 is 1.22 bits per heavy atom. The number of aromatic nitrogens is 2. The molecule has 1 saturated carbocycles. The Morgan fingerprint density at radius 1 is 0.545 bits per heavy atom. The number of nitrogen functional groups attached to an aromatic ring is 4. The van der Waals surface area contributed by atoms with Crippen LogP contribution in [0.4, 0.5) is 22.7 Å². The van der Waals surface area contributed by atoms with Crippen LogP contribution in [-0.4, -0.2) is 22.3 Å². The van der Waals surface area contributed by atoms with Gasteiger partial charge in [-0.15, -0.1) is 0 Å². The van der Waals surface area contributed by atoms with Gasteiger partial charge in [0.05, 0.1) is 85.1 Å². The Labute approximate surface area is 305 Å². The number of anilines is 4. The summed E-state index contributed by atoms with van der Waals surface area (Å²) in [5.41, 5.74) is 19.0. The lowest BCUT2D eigenvalue weighted by atomic mass is 9.80. The van der Waals surface area contributed by atoms with Crippen LogP contribution in [0.2, 0.25) is 0 Å². The first-order chi connectivity index (χ1) is 26.3. The van der Waals surface area contributed by atoms with E-state index in [0.717, 1.165) is 9.13 Å². The van der Waals surface area contributed by atoms with Crippen molar-refractivity contribution in [3.05, 3.63) is 131 Å². The molecule has 1 fully saturated rings. The second-order valence-corrected chi connectivity index (χ2v) is 14.3. The zero-order valence-electron chi connectivity index (χ0n) is 29.1. The summed E-state index contributed by atoms with van der Waals surface area (Å²) in [6.07, 6.45) is 0.997. The average Bonchev–Trinajstić information content (AvgIpc) is 3.58. The zero-order chi connectivity index (χ0) is 38.9. The normalized spacial score (nSPS) is 16.6. The molecule has 3 atom stereocenters. The lowest BCUT2D eigenvalue weighted by Crippen LogP contribution is -2.41. The molecule has 0 spiro atoms. The lowest BCUT2D eigenvalue weighted by molar-refractivity contribution is 0.0227. The summed E-state index contributed by atoms with van der Waals surface area (Å²) < 4.78 is 7.93. The summed E-state index contributed by atoms with van der Waals surface area (Å²) in [6, 6.07) is 10.8. The summed E-state index contributed by atoms with van der Waals surface area (Å²) in [7, 11) is 0. The largest absolute Gasteiger partial charge is 0.397 e. The van der Waals surface area contributed by atoms with Crippen LogP contribution in [0.25, 0.3) is 64.6 Å². The van der Waals surface area contributed by atoms with Crippen molar-refractivity contribution in [2.24, 2.45) is 5.92 Å². The number of ether oxygens (including phenoxy) is 1. The molecule has 6 aromatic carbocycles. The van der Waals surface area contributed by atoms with Crippen molar-refractivity contribution in [1.82, 2.24) is 9.13 Å². The number of hydrogen-bond donors (Lipinski definition) is 4. The summed E-state index contributed by atoms with van der Waals surface area (Å²) >= 11 is 0. The van der Waals surface area contributed by atoms with Gasteiger partial charge in [-0.25, -0.2) is 0 Å². The predicted octanol–water partition coefficient (Wildman–Crippen LogP) is 1.40. The zero-order valence-corrected chi connectivity index (χ0v) is 29.1. The Kier molecular flexibility index (Phi) is 7.07. The highest BCUT2D eigenvalue weighted by Crippen LogP contribution is 2.39. The van der Waals surface area contributed by atoms with E-state index in [4.69, 9.17) is 27.7 Å². The molecule has 8 N–H and O–H groups in total. The van der Waals surface area contributed by atoms with Gasteiger partial charge in [-0.3, -0.25) is 47.5 Å². The first-order valence-corrected chi connectivity index (χ1v) is 17.5. The fourth-order valence-electron chi connectivity index (χ4n) is 8.62. The van der Waals surface area contributed by atoms with E-state index in [2.05, 4.69) is 0 Å². The van der Waals surface area contributed by atoms with E-state index in [1.54, 1.807) is 31.2 Å². The molecule has 0 saturated heterocycles. The van der Waals surface area contributed by atoms with Crippen molar-refractivity contribution >= 4 is 87.4 Å². The first kappa shape index (κ1) is 33.8. The van der Waals surface area contributed by atoms with Gasteiger partial charge in [-0.1, -0.05) is 48.5 Å². The molecule has 1 aliphatic carbocycles. The minimum atomic E-state index is -0.866. The molecule has 0 bridgehead atoms. The molecule has 55 heavy (non-hydrogen) atoms. The number of rotatable bonds is 6. The van der Waals surface area contributed by atoms with Gasteiger partial charge in [0.15, 0.2) is 21.7 Å². The van der Waals surface area contributed by atoms with Gasteiger partial charge in [-0.2, -0.15) is 0 Å². The molecule has 9 rings (SSSR count). The predicted molar refractivity (Wildman–Crippen MR) is 214 cm³/mol. The maximum atomic E-state index is 13.9. The molecule has 15 heteroatoms. The molecular weight excluding hydrogens is 708 g/mol. The molecule has 2 aromatic heterocycles. The van der Waals surface area contributed by atoms with Gasteiger partial charge in [0.2, 0.25) is 0 Å². The summed E-state index contributed by atoms with van der Waals surface area (Å²) in [5.74, 6) is -0.349. The maximum Gasteiger partial charge on any atom is 0.264 e. The van der Waals surface area contributed by atoms with Crippen LogP contribution >= 0.6 is 0 Å². The molecule has 0 amide bonds. The summed E-state index contributed by atoms with van der Waals surface area (Å²) in [6.45, 7) is 1.44. The van der Waals surface area contributed by atoms with Crippen molar-refractivity contribution in [1.29, 1.82) is 0 Å². The van der Waals surface area contributed by atoms with Crippen molar-refractivity contribution < 1.29 is 4.74 Å². The second kappa shape index (κ2) is 11.5. The van der Waals surface area contributed by atoms with Gasteiger partial charge < -0.3 is 27.7 Å².